The summed E-state index contributed by atoms with van der Waals surface area (Å²) in [6.45, 7) is 11.4. The van der Waals surface area contributed by atoms with Crippen molar-refractivity contribution in [3.8, 4) is 0 Å². The Balaban J connectivity index is 2.77. The molecule has 0 saturated heterocycles. The van der Waals surface area contributed by atoms with Crippen LogP contribution < -0.4 is 0 Å². The van der Waals surface area contributed by atoms with Gasteiger partial charge in [-0.15, -0.1) is 0 Å². The zero-order valence-electron chi connectivity index (χ0n) is 10.0. The van der Waals surface area contributed by atoms with Crippen LogP contribution in [0.2, 0.25) is 0 Å². The first-order chi connectivity index (χ1) is 6.37. The Morgan fingerprint density at radius 2 is 1.86 bits per heavy atom. The Morgan fingerprint density at radius 1 is 1.21 bits per heavy atom. The molecule has 0 unspecified atom stereocenters. The van der Waals surface area contributed by atoms with Crippen molar-refractivity contribution < 1.29 is 0 Å². The summed E-state index contributed by atoms with van der Waals surface area (Å²) in [7, 11) is 0. The number of hydrogen-bond acceptors (Lipinski definition) is 1. The van der Waals surface area contributed by atoms with Crippen molar-refractivity contribution in [2.75, 3.05) is 0 Å². The highest BCUT2D eigenvalue weighted by molar-refractivity contribution is 4.89. The normalized spacial score (nSPS) is 13.2. The van der Waals surface area contributed by atoms with E-state index in [1.54, 1.807) is 0 Å². The summed E-state index contributed by atoms with van der Waals surface area (Å²) in [6, 6.07) is 0. The van der Waals surface area contributed by atoms with Crippen molar-refractivity contribution in [1.29, 1.82) is 0 Å². The molecule has 0 bridgehead atoms. The third-order valence-electron chi connectivity index (χ3n) is 3.07. The van der Waals surface area contributed by atoms with Crippen LogP contribution in [0.3, 0.4) is 0 Å². The van der Waals surface area contributed by atoms with Crippen molar-refractivity contribution in [3.05, 3.63) is 18.7 Å². The van der Waals surface area contributed by atoms with E-state index in [0.29, 0.717) is 5.41 Å². The van der Waals surface area contributed by atoms with Crippen LogP contribution in [0.1, 0.15) is 47.5 Å². The molecule has 14 heavy (non-hydrogen) atoms. The predicted octanol–water partition coefficient (Wildman–Crippen LogP) is 3.44. The van der Waals surface area contributed by atoms with Crippen LogP contribution in [0.5, 0.6) is 0 Å². The molecule has 1 aromatic rings. The summed E-state index contributed by atoms with van der Waals surface area (Å²) in [5.74, 6) is 0. The van der Waals surface area contributed by atoms with E-state index in [4.69, 9.17) is 0 Å². The zero-order chi connectivity index (χ0) is 10.8. The van der Waals surface area contributed by atoms with Crippen LogP contribution in [0, 0.1) is 5.41 Å². The molecule has 1 rings (SSSR count). The van der Waals surface area contributed by atoms with Gasteiger partial charge in [0.2, 0.25) is 0 Å². The Kier molecular flexibility index (Phi) is 3.03. The van der Waals surface area contributed by atoms with Gasteiger partial charge in [0.15, 0.2) is 0 Å². The van der Waals surface area contributed by atoms with Crippen molar-refractivity contribution in [2.45, 2.75) is 53.0 Å². The maximum Gasteiger partial charge on any atom is 0.0950 e. The summed E-state index contributed by atoms with van der Waals surface area (Å²) < 4.78 is 2.20. The number of aromatic nitrogens is 2. The lowest BCUT2D eigenvalue weighted by Gasteiger charge is -2.35. The van der Waals surface area contributed by atoms with Crippen LogP contribution >= 0.6 is 0 Å². The van der Waals surface area contributed by atoms with E-state index in [9.17, 15) is 0 Å². The van der Waals surface area contributed by atoms with Gasteiger partial charge in [-0.05, 0) is 25.7 Å². The molecule has 2 nitrogen and oxygen atoms in total. The van der Waals surface area contributed by atoms with Gasteiger partial charge in [-0.2, -0.15) is 0 Å². The zero-order valence-corrected chi connectivity index (χ0v) is 10.0. The molecule has 0 radical (unpaired) electrons. The first kappa shape index (κ1) is 11.3. The average Bonchev–Trinajstić information content (AvgIpc) is 2.54. The van der Waals surface area contributed by atoms with Gasteiger partial charge >= 0.3 is 0 Å². The topological polar surface area (TPSA) is 17.8 Å². The van der Waals surface area contributed by atoms with E-state index < -0.39 is 0 Å². The molecular weight excluding hydrogens is 172 g/mol. The van der Waals surface area contributed by atoms with E-state index >= 15 is 0 Å². The van der Waals surface area contributed by atoms with Gasteiger partial charge in [-0.25, -0.2) is 4.98 Å². The predicted molar refractivity (Wildman–Crippen MR) is 60.2 cm³/mol. The molecule has 2 heteroatoms. The Morgan fingerprint density at radius 3 is 2.29 bits per heavy atom. The minimum atomic E-state index is 0.163. The molecule has 0 aliphatic heterocycles. The molecule has 0 saturated carbocycles. The van der Waals surface area contributed by atoms with E-state index in [2.05, 4.69) is 44.2 Å². The highest BCUT2D eigenvalue weighted by atomic mass is 15.1. The Bertz CT molecular complexity index is 271. The van der Waals surface area contributed by atoms with E-state index in [1.807, 2.05) is 18.7 Å². The number of nitrogens with zero attached hydrogens (tertiary/aromatic N) is 2. The molecule has 1 heterocycles. The summed E-state index contributed by atoms with van der Waals surface area (Å²) in [4.78, 5) is 4.11. The fraction of sp³-hybridized carbons (Fsp3) is 0.750. The van der Waals surface area contributed by atoms with Crippen molar-refractivity contribution in [2.24, 2.45) is 5.41 Å². The molecule has 0 aliphatic carbocycles. The van der Waals surface area contributed by atoms with Gasteiger partial charge in [-0.3, -0.25) is 0 Å². The largest absolute Gasteiger partial charge is 0.332 e. The van der Waals surface area contributed by atoms with Crippen LogP contribution in [-0.2, 0) is 5.54 Å². The monoisotopic (exact) mass is 194 g/mol. The third kappa shape index (κ3) is 2.60. The van der Waals surface area contributed by atoms with Gasteiger partial charge in [0.25, 0.3) is 0 Å². The quantitative estimate of drug-likeness (QED) is 0.718. The highest BCUT2D eigenvalue weighted by Gasteiger charge is 2.28. The van der Waals surface area contributed by atoms with Gasteiger partial charge in [0.05, 0.1) is 6.33 Å². The van der Waals surface area contributed by atoms with Gasteiger partial charge in [-0.1, -0.05) is 27.2 Å². The van der Waals surface area contributed by atoms with E-state index in [-0.39, 0.29) is 5.54 Å². The van der Waals surface area contributed by atoms with Gasteiger partial charge in [0, 0.05) is 17.9 Å². The molecule has 0 aromatic carbocycles. The SMILES string of the molecule is CCC(C)(C)CC(C)(C)n1ccnc1. The molecular formula is C12H22N2. The summed E-state index contributed by atoms with van der Waals surface area (Å²) >= 11 is 0. The highest BCUT2D eigenvalue weighted by Crippen LogP contribution is 2.34. The maximum absolute atomic E-state index is 4.11. The van der Waals surface area contributed by atoms with Gasteiger partial charge < -0.3 is 4.57 Å². The van der Waals surface area contributed by atoms with E-state index in [1.165, 1.54) is 12.8 Å². The second-order valence-corrected chi connectivity index (χ2v) is 5.48. The minimum absolute atomic E-state index is 0.163. The summed E-state index contributed by atoms with van der Waals surface area (Å²) in [5, 5.41) is 0. The molecule has 0 aliphatic rings. The first-order valence-electron chi connectivity index (χ1n) is 5.36. The van der Waals surface area contributed by atoms with Crippen LogP contribution in [0.4, 0.5) is 0 Å². The second-order valence-electron chi connectivity index (χ2n) is 5.48. The molecule has 1 aromatic heterocycles. The number of hydrogen-bond donors (Lipinski definition) is 0. The van der Waals surface area contributed by atoms with Crippen molar-refractivity contribution in [3.63, 3.8) is 0 Å². The van der Waals surface area contributed by atoms with Crippen LogP contribution in [-0.4, -0.2) is 9.55 Å². The fourth-order valence-electron chi connectivity index (χ4n) is 2.00. The lowest BCUT2D eigenvalue weighted by molar-refractivity contribution is 0.191. The molecule has 80 valence electrons. The summed E-state index contributed by atoms with van der Waals surface area (Å²) in [5.41, 5.74) is 0.559. The first-order valence-corrected chi connectivity index (χ1v) is 5.36. The Labute approximate surface area is 87.4 Å². The van der Waals surface area contributed by atoms with Crippen LogP contribution in [0.25, 0.3) is 0 Å². The van der Waals surface area contributed by atoms with Crippen molar-refractivity contribution in [1.82, 2.24) is 9.55 Å². The average molecular weight is 194 g/mol. The van der Waals surface area contributed by atoms with E-state index in [0.717, 1.165) is 0 Å². The fourth-order valence-corrected chi connectivity index (χ4v) is 2.00. The smallest absolute Gasteiger partial charge is 0.0950 e. The number of imidazole rings is 1. The minimum Gasteiger partial charge on any atom is -0.332 e. The van der Waals surface area contributed by atoms with Crippen LogP contribution in [0.15, 0.2) is 18.7 Å². The second kappa shape index (κ2) is 3.76. The van der Waals surface area contributed by atoms with Crippen molar-refractivity contribution >= 4 is 0 Å². The maximum atomic E-state index is 4.11. The molecule has 0 amide bonds. The molecule has 0 fully saturated rings. The lowest BCUT2D eigenvalue weighted by atomic mass is 9.78. The molecule has 0 spiro atoms. The standard InChI is InChI=1S/C12H22N2/c1-6-11(2,3)9-12(4,5)14-8-7-13-10-14/h7-8,10H,6,9H2,1-5H3. The summed E-state index contributed by atoms with van der Waals surface area (Å²) in [6.07, 6.45) is 8.19. The molecule has 0 atom stereocenters. The lowest BCUT2D eigenvalue weighted by Crippen LogP contribution is -2.31. The van der Waals surface area contributed by atoms with Gasteiger partial charge in [0.1, 0.15) is 0 Å². The Hall–Kier alpha value is -0.790. The third-order valence-corrected chi connectivity index (χ3v) is 3.07. The molecule has 0 N–H and O–H groups in total. The number of rotatable bonds is 4.